The Kier molecular flexibility index (Phi) is 5.47. The Bertz CT molecular complexity index is 640. The molecule has 0 aliphatic rings. The number of rotatable bonds is 6. The number of anilines is 2. The van der Waals surface area contributed by atoms with E-state index in [0.29, 0.717) is 17.6 Å². The van der Waals surface area contributed by atoms with Crippen LogP contribution in [0.1, 0.15) is 36.3 Å². The molecule has 1 heterocycles. The summed E-state index contributed by atoms with van der Waals surface area (Å²) in [5, 5.41) is 5.99. The molecule has 0 saturated heterocycles. The monoisotopic (exact) mass is 298 g/mol. The van der Waals surface area contributed by atoms with Crippen molar-refractivity contribution < 1.29 is 4.79 Å². The van der Waals surface area contributed by atoms with Gasteiger partial charge in [0.2, 0.25) is 5.95 Å². The molecule has 22 heavy (non-hydrogen) atoms. The van der Waals surface area contributed by atoms with Gasteiger partial charge in [-0.25, -0.2) is 9.97 Å². The van der Waals surface area contributed by atoms with E-state index in [1.807, 2.05) is 31.2 Å². The topological polar surface area (TPSA) is 66.9 Å². The van der Waals surface area contributed by atoms with Gasteiger partial charge in [0.15, 0.2) is 0 Å². The van der Waals surface area contributed by atoms with E-state index >= 15 is 0 Å². The number of hydrogen-bond acceptors (Lipinski definition) is 4. The van der Waals surface area contributed by atoms with Crippen molar-refractivity contribution in [3.8, 4) is 0 Å². The summed E-state index contributed by atoms with van der Waals surface area (Å²) in [4.78, 5) is 20.6. The second-order valence-electron chi connectivity index (χ2n) is 5.70. The average molecular weight is 298 g/mol. The minimum Gasteiger partial charge on any atom is -0.354 e. The largest absolute Gasteiger partial charge is 0.354 e. The van der Waals surface area contributed by atoms with Gasteiger partial charge < -0.3 is 10.6 Å². The van der Waals surface area contributed by atoms with Crippen molar-refractivity contribution in [2.24, 2.45) is 5.92 Å². The summed E-state index contributed by atoms with van der Waals surface area (Å²) in [5.74, 6) is 0.859. The summed E-state index contributed by atoms with van der Waals surface area (Å²) in [6.07, 6.45) is 2.62. The molecule has 116 valence electrons. The molecule has 0 aliphatic heterocycles. The van der Waals surface area contributed by atoms with Crippen LogP contribution in [-0.2, 0) is 0 Å². The number of carbonyl (C=O) groups excluding carboxylic acids is 1. The van der Waals surface area contributed by atoms with Crippen molar-refractivity contribution in [2.75, 3.05) is 17.2 Å². The Morgan fingerprint density at radius 2 is 2.09 bits per heavy atom. The number of hydrogen-bond donors (Lipinski definition) is 2. The number of aryl methyl sites for hydroxylation is 1. The van der Waals surface area contributed by atoms with Crippen LogP contribution in [0.3, 0.4) is 0 Å². The number of benzene rings is 1. The molecule has 5 nitrogen and oxygen atoms in total. The van der Waals surface area contributed by atoms with Gasteiger partial charge in [-0.2, -0.15) is 0 Å². The van der Waals surface area contributed by atoms with E-state index in [2.05, 4.69) is 34.4 Å². The third kappa shape index (κ3) is 4.84. The molecule has 0 fully saturated rings. The molecular formula is C17H22N4O. The van der Waals surface area contributed by atoms with E-state index in [0.717, 1.165) is 24.2 Å². The molecule has 0 bridgehead atoms. The van der Waals surface area contributed by atoms with Crippen LogP contribution in [0.15, 0.2) is 36.5 Å². The van der Waals surface area contributed by atoms with Crippen LogP contribution in [0, 0.1) is 12.8 Å². The molecular weight excluding hydrogens is 276 g/mol. The summed E-state index contributed by atoms with van der Waals surface area (Å²) in [7, 11) is 0. The fourth-order valence-corrected chi connectivity index (χ4v) is 1.96. The van der Waals surface area contributed by atoms with E-state index in [-0.39, 0.29) is 5.91 Å². The van der Waals surface area contributed by atoms with E-state index in [1.54, 1.807) is 12.3 Å². The molecule has 0 spiro atoms. The van der Waals surface area contributed by atoms with Crippen molar-refractivity contribution in [1.29, 1.82) is 0 Å². The van der Waals surface area contributed by atoms with Gasteiger partial charge in [0.25, 0.3) is 5.91 Å². The molecule has 1 aromatic heterocycles. The van der Waals surface area contributed by atoms with E-state index in [4.69, 9.17) is 0 Å². The SMILES string of the molecule is Cc1cccc(NC(=O)c2ccnc(NCCC(C)C)n2)c1. The zero-order valence-electron chi connectivity index (χ0n) is 13.3. The van der Waals surface area contributed by atoms with E-state index in [9.17, 15) is 4.79 Å². The fourth-order valence-electron chi connectivity index (χ4n) is 1.96. The van der Waals surface area contributed by atoms with Crippen molar-refractivity contribution in [1.82, 2.24) is 9.97 Å². The first-order valence-electron chi connectivity index (χ1n) is 7.49. The van der Waals surface area contributed by atoms with Crippen LogP contribution >= 0.6 is 0 Å². The summed E-state index contributed by atoms with van der Waals surface area (Å²) in [6, 6.07) is 9.27. The summed E-state index contributed by atoms with van der Waals surface area (Å²) in [5.41, 5.74) is 2.21. The second-order valence-corrected chi connectivity index (χ2v) is 5.70. The number of amides is 1. The maximum Gasteiger partial charge on any atom is 0.274 e. The van der Waals surface area contributed by atoms with Crippen molar-refractivity contribution >= 4 is 17.5 Å². The molecule has 0 unspecified atom stereocenters. The van der Waals surface area contributed by atoms with Crippen LogP contribution in [-0.4, -0.2) is 22.4 Å². The molecule has 0 aliphatic carbocycles. The smallest absolute Gasteiger partial charge is 0.274 e. The Hall–Kier alpha value is -2.43. The Morgan fingerprint density at radius 3 is 2.82 bits per heavy atom. The highest BCUT2D eigenvalue weighted by atomic mass is 16.1. The third-order valence-corrected chi connectivity index (χ3v) is 3.17. The van der Waals surface area contributed by atoms with Crippen LogP contribution in [0.2, 0.25) is 0 Å². The first-order valence-corrected chi connectivity index (χ1v) is 7.49. The second kappa shape index (κ2) is 7.54. The molecule has 2 N–H and O–H groups in total. The van der Waals surface area contributed by atoms with Gasteiger partial charge in [0.05, 0.1) is 0 Å². The van der Waals surface area contributed by atoms with E-state index < -0.39 is 0 Å². The van der Waals surface area contributed by atoms with Crippen molar-refractivity contribution in [3.63, 3.8) is 0 Å². The predicted molar refractivity (Wildman–Crippen MR) is 89.1 cm³/mol. The first-order chi connectivity index (χ1) is 10.5. The quantitative estimate of drug-likeness (QED) is 0.856. The molecule has 1 amide bonds. The molecule has 5 heteroatoms. The van der Waals surface area contributed by atoms with Gasteiger partial charge in [-0.05, 0) is 43.0 Å². The molecule has 1 aromatic carbocycles. The lowest BCUT2D eigenvalue weighted by molar-refractivity contribution is 0.102. The van der Waals surface area contributed by atoms with Crippen LogP contribution < -0.4 is 10.6 Å². The maximum atomic E-state index is 12.2. The molecule has 2 rings (SSSR count). The van der Waals surface area contributed by atoms with Gasteiger partial charge >= 0.3 is 0 Å². The van der Waals surface area contributed by atoms with Gasteiger partial charge in [-0.1, -0.05) is 26.0 Å². The number of carbonyl (C=O) groups is 1. The number of nitrogens with one attached hydrogen (secondary N) is 2. The van der Waals surface area contributed by atoms with Crippen molar-refractivity contribution in [3.05, 3.63) is 47.8 Å². The first kappa shape index (κ1) is 15.9. The summed E-state index contributed by atoms with van der Waals surface area (Å²) < 4.78 is 0. The highest BCUT2D eigenvalue weighted by molar-refractivity contribution is 6.02. The minimum absolute atomic E-state index is 0.236. The molecule has 0 saturated carbocycles. The highest BCUT2D eigenvalue weighted by Gasteiger charge is 2.09. The van der Waals surface area contributed by atoms with Crippen molar-refractivity contribution in [2.45, 2.75) is 27.2 Å². The van der Waals surface area contributed by atoms with Gasteiger partial charge in [0, 0.05) is 18.4 Å². The molecule has 2 aromatic rings. The van der Waals surface area contributed by atoms with Crippen LogP contribution in [0.4, 0.5) is 11.6 Å². The zero-order chi connectivity index (χ0) is 15.9. The lowest BCUT2D eigenvalue weighted by Crippen LogP contribution is -2.16. The van der Waals surface area contributed by atoms with Gasteiger partial charge in [-0.15, -0.1) is 0 Å². The normalized spacial score (nSPS) is 10.5. The number of nitrogens with zero attached hydrogens (tertiary/aromatic N) is 2. The summed E-state index contributed by atoms with van der Waals surface area (Å²) in [6.45, 7) is 7.10. The Labute approximate surface area is 131 Å². The highest BCUT2D eigenvalue weighted by Crippen LogP contribution is 2.11. The average Bonchev–Trinajstić information content (AvgIpc) is 2.47. The predicted octanol–water partition coefficient (Wildman–Crippen LogP) is 3.50. The standard InChI is InChI=1S/C17H22N4O/c1-12(2)7-9-18-17-19-10-8-15(21-17)16(22)20-14-6-4-5-13(3)11-14/h4-6,8,10-12H,7,9H2,1-3H3,(H,20,22)(H,18,19,21). The zero-order valence-corrected chi connectivity index (χ0v) is 13.3. The summed E-state index contributed by atoms with van der Waals surface area (Å²) >= 11 is 0. The molecule has 0 radical (unpaired) electrons. The van der Waals surface area contributed by atoms with Gasteiger partial charge in [-0.3, -0.25) is 4.79 Å². The lowest BCUT2D eigenvalue weighted by atomic mass is 10.1. The molecule has 0 atom stereocenters. The van der Waals surface area contributed by atoms with Gasteiger partial charge in [0.1, 0.15) is 5.69 Å². The fraction of sp³-hybridized carbons (Fsp3) is 0.353. The minimum atomic E-state index is -0.236. The lowest BCUT2D eigenvalue weighted by Gasteiger charge is -2.08. The Morgan fingerprint density at radius 1 is 1.27 bits per heavy atom. The van der Waals surface area contributed by atoms with Crippen LogP contribution in [0.5, 0.6) is 0 Å². The van der Waals surface area contributed by atoms with E-state index in [1.165, 1.54) is 0 Å². The van der Waals surface area contributed by atoms with Crippen LogP contribution in [0.25, 0.3) is 0 Å². The third-order valence-electron chi connectivity index (χ3n) is 3.17. The number of aromatic nitrogens is 2. The Balaban J connectivity index is 2.00. The maximum absolute atomic E-state index is 12.2.